The summed E-state index contributed by atoms with van der Waals surface area (Å²) in [7, 11) is 0. The van der Waals surface area contributed by atoms with Crippen molar-refractivity contribution in [2.75, 3.05) is 5.73 Å². The summed E-state index contributed by atoms with van der Waals surface area (Å²) in [5, 5.41) is 1.44. The van der Waals surface area contributed by atoms with Crippen LogP contribution in [0, 0.1) is 0 Å². The van der Waals surface area contributed by atoms with Gasteiger partial charge in [0.2, 0.25) is 5.78 Å². The van der Waals surface area contributed by atoms with Crippen LogP contribution in [0.4, 0.5) is 5.69 Å². The van der Waals surface area contributed by atoms with Crippen molar-refractivity contribution >= 4 is 28.5 Å². The maximum atomic E-state index is 11.4. The third-order valence-corrected chi connectivity index (χ3v) is 2.21. The van der Waals surface area contributed by atoms with E-state index in [1.165, 1.54) is 6.20 Å². The molecule has 2 rings (SSSR count). The normalized spacial score (nSPS) is 10.1. The minimum Gasteiger partial charge on any atom is -0.398 e. The van der Waals surface area contributed by atoms with E-state index in [1.807, 2.05) is 0 Å². The number of hydrogen-bond acceptors (Lipinski definition) is 4. The predicted octanol–water partition coefficient (Wildman–Crippen LogP) is 1.20. The fourth-order valence-electron chi connectivity index (χ4n) is 1.51. The molecule has 0 unspecified atom stereocenters. The van der Waals surface area contributed by atoms with Crippen LogP contribution in [0.3, 0.4) is 0 Å². The van der Waals surface area contributed by atoms with Gasteiger partial charge in [0.05, 0.1) is 5.56 Å². The lowest BCUT2D eigenvalue weighted by molar-refractivity contribution is -0.104. The van der Waals surface area contributed by atoms with Gasteiger partial charge >= 0.3 is 0 Å². The highest BCUT2D eigenvalue weighted by Gasteiger charge is 2.12. The van der Waals surface area contributed by atoms with Crippen molar-refractivity contribution in [1.29, 1.82) is 0 Å². The minimum atomic E-state index is -0.619. The maximum Gasteiger partial charge on any atom is 0.228 e. The van der Waals surface area contributed by atoms with Crippen LogP contribution in [0.1, 0.15) is 10.4 Å². The summed E-state index contributed by atoms with van der Waals surface area (Å²) in [6.07, 6.45) is 3.41. The van der Waals surface area contributed by atoms with Crippen molar-refractivity contribution in [1.82, 2.24) is 4.98 Å². The smallest absolute Gasteiger partial charge is 0.228 e. The highest BCUT2D eigenvalue weighted by molar-refractivity contribution is 6.37. The molecule has 0 aliphatic rings. The molecule has 74 valence electrons. The second-order valence-electron chi connectivity index (χ2n) is 3.11. The average Bonchev–Trinajstić information content (AvgIpc) is 2.28. The van der Waals surface area contributed by atoms with E-state index in [0.717, 1.165) is 5.39 Å². The number of nitrogens with two attached hydrogens (primary N) is 1. The first-order valence-corrected chi connectivity index (χ1v) is 4.35. The molecular formula is C11H8N2O2. The molecule has 0 saturated heterocycles. The molecule has 0 atom stereocenters. The Balaban J connectivity index is 2.85. The lowest BCUT2D eigenvalue weighted by Crippen LogP contribution is -2.05. The lowest BCUT2D eigenvalue weighted by Gasteiger charge is -2.05. The molecule has 0 aliphatic carbocycles. The molecular weight excluding hydrogens is 192 g/mol. The zero-order valence-corrected chi connectivity index (χ0v) is 7.81. The Morgan fingerprint density at radius 2 is 2.13 bits per heavy atom. The van der Waals surface area contributed by atoms with Gasteiger partial charge in [0.25, 0.3) is 0 Å². The van der Waals surface area contributed by atoms with E-state index in [4.69, 9.17) is 5.73 Å². The summed E-state index contributed by atoms with van der Waals surface area (Å²) in [5.41, 5.74) is 6.19. The number of aromatic nitrogens is 1. The standard InChI is InChI=1S/C11H8N2O2/c12-9-2-1-7-3-4-13-5-8(7)11(9)10(15)6-14/h1-6H,12H2. The van der Waals surface area contributed by atoms with Crippen LogP contribution in [-0.4, -0.2) is 17.1 Å². The van der Waals surface area contributed by atoms with Gasteiger partial charge < -0.3 is 5.73 Å². The van der Waals surface area contributed by atoms with Crippen LogP contribution in [0.25, 0.3) is 10.8 Å². The number of benzene rings is 1. The third-order valence-electron chi connectivity index (χ3n) is 2.21. The van der Waals surface area contributed by atoms with Gasteiger partial charge in [-0.2, -0.15) is 0 Å². The Morgan fingerprint density at radius 3 is 2.87 bits per heavy atom. The number of pyridine rings is 1. The van der Waals surface area contributed by atoms with Gasteiger partial charge in [-0.3, -0.25) is 14.6 Å². The molecule has 0 saturated carbocycles. The second-order valence-corrected chi connectivity index (χ2v) is 3.11. The third kappa shape index (κ3) is 1.46. The first kappa shape index (κ1) is 9.33. The summed E-state index contributed by atoms with van der Waals surface area (Å²) >= 11 is 0. The first-order chi connectivity index (χ1) is 7.24. The average molecular weight is 200 g/mol. The summed E-state index contributed by atoms with van der Waals surface area (Å²) in [5.74, 6) is -0.619. The van der Waals surface area contributed by atoms with E-state index >= 15 is 0 Å². The van der Waals surface area contributed by atoms with Crippen molar-refractivity contribution in [2.24, 2.45) is 0 Å². The molecule has 0 radical (unpaired) electrons. The number of carbonyl (C=O) groups is 2. The lowest BCUT2D eigenvalue weighted by atomic mass is 10.0. The number of aldehydes is 1. The molecule has 0 spiro atoms. The second kappa shape index (κ2) is 3.49. The number of rotatable bonds is 2. The van der Waals surface area contributed by atoms with Crippen molar-refractivity contribution in [3.05, 3.63) is 36.2 Å². The first-order valence-electron chi connectivity index (χ1n) is 4.35. The maximum absolute atomic E-state index is 11.4. The van der Waals surface area contributed by atoms with Gasteiger partial charge in [0.15, 0.2) is 6.29 Å². The van der Waals surface area contributed by atoms with Crippen LogP contribution in [-0.2, 0) is 4.79 Å². The summed E-state index contributed by atoms with van der Waals surface area (Å²) < 4.78 is 0. The van der Waals surface area contributed by atoms with Crippen LogP contribution >= 0.6 is 0 Å². The molecule has 4 heteroatoms. The van der Waals surface area contributed by atoms with Crippen LogP contribution in [0.5, 0.6) is 0 Å². The monoisotopic (exact) mass is 200 g/mol. The molecule has 1 heterocycles. The fourth-order valence-corrected chi connectivity index (χ4v) is 1.51. The summed E-state index contributed by atoms with van der Waals surface area (Å²) in [6, 6.07) is 5.16. The van der Waals surface area contributed by atoms with Crippen molar-refractivity contribution in [3.8, 4) is 0 Å². The SMILES string of the molecule is Nc1ccc2ccncc2c1C(=O)C=O. The molecule has 0 fully saturated rings. The number of carbonyl (C=O) groups excluding carboxylic acids is 2. The number of Topliss-reactive ketones (excluding diaryl/α,β-unsaturated/α-hetero) is 1. The van der Waals surface area contributed by atoms with E-state index in [1.54, 1.807) is 24.4 Å². The fraction of sp³-hybridized carbons (Fsp3) is 0. The summed E-state index contributed by atoms with van der Waals surface area (Å²) in [6.45, 7) is 0. The van der Waals surface area contributed by atoms with Gasteiger partial charge in [-0.05, 0) is 17.5 Å². The summed E-state index contributed by atoms with van der Waals surface area (Å²) in [4.78, 5) is 25.8. The number of hydrogen-bond donors (Lipinski definition) is 1. The molecule has 1 aromatic carbocycles. The zero-order valence-electron chi connectivity index (χ0n) is 7.81. The van der Waals surface area contributed by atoms with Gasteiger partial charge in [-0.1, -0.05) is 6.07 Å². The van der Waals surface area contributed by atoms with Gasteiger partial charge in [0.1, 0.15) is 0 Å². The molecule has 4 nitrogen and oxygen atoms in total. The molecule has 0 bridgehead atoms. The van der Waals surface area contributed by atoms with E-state index in [2.05, 4.69) is 4.98 Å². The molecule has 15 heavy (non-hydrogen) atoms. The molecule has 2 N–H and O–H groups in total. The number of fused-ring (bicyclic) bond motifs is 1. The van der Waals surface area contributed by atoms with Crippen LogP contribution < -0.4 is 5.73 Å². The molecule has 0 aliphatic heterocycles. The molecule has 2 aromatic rings. The van der Waals surface area contributed by atoms with Crippen LogP contribution in [0.2, 0.25) is 0 Å². The minimum absolute atomic E-state index is 0.232. The number of nitrogen functional groups attached to an aromatic ring is 1. The van der Waals surface area contributed by atoms with Crippen molar-refractivity contribution < 1.29 is 9.59 Å². The van der Waals surface area contributed by atoms with Gasteiger partial charge in [0, 0.05) is 23.5 Å². The van der Waals surface area contributed by atoms with Gasteiger partial charge in [-0.25, -0.2) is 0 Å². The van der Waals surface area contributed by atoms with E-state index < -0.39 is 5.78 Å². The Labute approximate surface area is 85.7 Å². The largest absolute Gasteiger partial charge is 0.398 e. The Morgan fingerprint density at radius 1 is 1.33 bits per heavy atom. The van der Waals surface area contributed by atoms with Gasteiger partial charge in [-0.15, -0.1) is 0 Å². The Kier molecular flexibility index (Phi) is 2.17. The number of ketones is 1. The van der Waals surface area contributed by atoms with E-state index in [9.17, 15) is 9.59 Å². The van der Waals surface area contributed by atoms with E-state index in [0.29, 0.717) is 11.1 Å². The zero-order chi connectivity index (χ0) is 10.8. The highest BCUT2D eigenvalue weighted by Crippen LogP contribution is 2.23. The van der Waals surface area contributed by atoms with Crippen LogP contribution in [0.15, 0.2) is 30.6 Å². The quantitative estimate of drug-likeness (QED) is 0.342. The predicted molar refractivity (Wildman–Crippen MR) is 56.5 cm³/mol. The Bertz CT molecular complexity index is 549. The van der Waals surface area contributed by atoms with Crippen molar-refractivity contribution in [3.63, 3.8) is 0 Å². The van der Waals surface area contributed by atoms with E-state index in [-0.39, 0.29) is 11.8 Å². The number of anilines is 1. The topological polar surface area (TPSA) is 73.0 Å². The molecule has 0 amide bonds. The highest BCUT2D eigenvalue weighted by atomic mass is 16.2. The Hall–Kier alpha value is -2.23. The number of nitrogens with zero attached hydrogens (tertiary/aromatic N) is 1. The molecule has 1 aromatic heterocycles. The van der Waals surface area contributed by atoms with Crippen molar-refractivity contribution in [2.45, 2.75) is 0 Å².